The van der Waals surface area contributed by atoms with Crippen molar-refractivity contribution >= 4 is 33.7 Å². The molecular weight excluding hydrogens is 551 g/mol. The van der Waals surface area contributed by atoms with E-state index in [4.69, 9.17) is 0 Å². The van der Waals surface area contributed by atoms with Gasteiger partial charge in [0.05, 0.1) is 6.04 Å². The Labute approximate surface area is 259 Å². The average Bonchev–Trinajstić information content (AvgIpc) is 3.15. The zero-order chi connectivity index (χ0) is 29.7. The zero-order valence-corrected chi connectivity index (χ0v) is 27.6. The van der Waals surface area contributed by atoms with E-state index in [0.29, 0.717) is 19.4 Å². The molecule has 0 aromatic carbocycles. The first-order valence-corrected chi connectivity index (χ1v) is 15.1. The van der Waals surface area contributed by atoms with Crippen LogP contribution in [0.4, 0.5) is 0 Å². The van der Waals surface area contributed by atoms with Crippen LogP contribution >= 0.6 is 0 Å². The van der Waals surface area contributed by atoms with Crippen molar-refractivity contribution < 1.29 is 66.8 Å². The molecule has 2 aliphatic heterocycles. The van der Waals surface area contributed by atoms with Gasteiger partial charge >= 0.3 is 29.6 Å². The number of aliphatic hydroxyl groups is 1. The largest absolute Gasteiger partial charge is 1.00 e. The van der Waals surface area contributed by atoms with Gasteiger partial charge in [0.25, 0.3) is 0 Å². The minimum absolute atomic E-state index is 0. The van der Waals surface area contributed by atoms with E-state index in [-0.39, 0.29) is 77.5 Å². The molecule has 1 aliphatic carbocycles. The Morgan fingerprint density at radius 3 is 2.27 bits per heavy atom. The van der Waals surface area contributed by atoms with Crippen molar-refractivity contribution in [3.63, 3.8) is 0 Å². The second-order valence-electron chi connectivity index (χ2n) is 13.3. The van der Waals surface area contributed by atoms with E-state index in [2.05, 4.69) is 16.0 Å². The average molecular weight is 595 g/mol. The van der Waals surface area contributed by atoms with E-state index in [1.54, 1.807) is 20.8 Å². The molecule has 0 bridgehead atoms. The first-order valence-electron chi connectivity index (χ1n) is 13.6. The Morgan fingerprint density at radius 2 is 1.80 bits per heavy atom. The molecule has 2 heterocycles. The van der Waals surface area contributed by atoms with Crippen molar-refractivity contribution in [2.75, 3.05) is 13.1 Å². The van der Waals surface area contributed by atoms with Gasteiger partial charge in [0, 0.05) is 24.4 Å². The number of likely N-dealkylation sites (tertiary alicyclic amines) is 1. The fourth-order valence-electron chi connectivity index (χ4n) is 5.97. The number of nitrogens with zero attached hydrogens (tertiary/aromatic N) is 1. The molecular formula is C26H43N4NaO8S. The number of carbonyl (C=O) groups is 4. The Hall–Kier alpha value is -1.25. The zero-order valence-electron chi connectivity index (χ0n) is 24.8. The van der Waals surface area contributed by atoms with Gasteiger partial charge in [-0.05, 0) is 42.4 Å². The summed E-state index contributed by atoms with van der Waals surface area (Å²) in [5.74, 6) is -2.58. The second kappa shape index (κ2) is 12.5. The molecule has 0 radical (unpaired) electrons. The van der Waals surface area contributed by atoms with Crippen LogP contribution in [0, 0.1) is 34.5 Å². The summed E-state index contributed by atoms with van der Waals surface area (Å²) < 4.78 is 35.1. The standard InChI is InChI=1S/C26H44N4O8S.Na/c1-13(2)10-16(29-24(35)25(3,4)5)22(33)30-12-15-18(26(15,6)7)19(30)21(32)28-17(23(34)39(36,37)38)11-14-8-9-27-20(14)31;/h13-19,23,34H,8-12H2,1-7H3,(H,27,31)(H,28,32)(H,29,35)(H,36,37,38);/q;+1/p-1/t14-,15-,16-,17-,18-,19-,23?;/m0./s1. The summed E-state index contributed by atoms with van der Waals surface area (Å²) in [5.41, 5.74) is -3.45. The predicted molar refractivity (Wildman–Crippen MR) is 140 cm³/mol. The molecule has 2 saturated heterocycles. The van der Waals surface area contributed by atoms with E-state index in [9.17, 15) is 37.3 Å². The number of hydrogen-bond acceptors (Lipinski definition) is 8. The molecule has 1 unspecified atom stereocenters. The quantitative estimate of drug-likeness (QED) is 0.152. The fraction of sp³-hybridized carbons (Fsp3) is 0.846. The molecule has 7 atom stereocenters. The van der Waals surface area contributed by atoms with Gasteiger partial charge in [-0.1, -0.05) is 48.5 Å². The van der Waals surface area contributed by atoms with E-state index >= 15 is 0 Å². The molecule has 0 aromatic rings. The smallest absolute Gasteiger partial charge is 0.746 e. The van der Waals surface area contributed by atoms with Crippen LogP contribution < -0.4 is 45.5 Å². The Bertz CT molecular complexity index is 1110. The molecule has 12 nitrogen and oxygen atoms in total. The topological polar surface area (TPSA) is 185 Å². The molecule has 3 fully saturated rings. The number of aliphatic hydroxyl groups excluding tert-OH is 1. The van der Waals surface area contributed by atoms with Gasteiger partial charge in [-0.15, -0.1) is 0 Å². The van der Waals surface area contributed by atoms with Crippen molar-refractivity contribution in [3.8, 4) is 0 Å². The maximum absolute atomic E-state index is 13.8. The molecule has 3 rings (SSSR count). The second-order valence-corrected chi connectivity index (χ2v) is 14.8. The number of nitrogens with one attached hydrogen (secondary N) is 3. The molecule has 40 heavy (non-hydrogen) atoms. The van der Waals surface area contributed by atoms with Gasteiger partial charge in [-0.3, -0.25) is 19.2 Å². The Kier molecular flexibility index (Phi) is 11.0. The summed E-state index contributed by atoms with van der Waals surface area (Å²) in [6.45, 7) is 13.7. The van der Waals surface area contributed by atoms with Crippen LogP contribution in [0.5, 0.6) is 0 Å². The number of rotatable bonds is 10. The van der Waals surface area contributed by atoms with Gasteiger partial charge in [0.15, 0.2) is 5.44 Å². The Balaban J connectivity index is 0.00000560. The monoisotopic (exact) mass is 594 g/mol. The van der Waals surface area contributed by atoms with Gasteiger partial charge in [0.1, 0.15) is 22.2 Å². The van der Waals surface area contributed by atoms with Crippen LogP contribution in [0.2, 0.25) is 0 Å². The Morgan fingerprint density at radius 1 is 1.20 bits per heavy atom. The van der Waals surface area contributed by atoms with Gasteiger partial charge < -0.3 is 30.5 Å². The SMILES string of the molecule is CC(C)C[C@H](NC(=O)C(C)(C)C)C(=O)N1C[C@H]2[C@@H]([C@H]1C(=O)N[C@@H](C[C@@H]1CCNC1=O)C(O)S(=O)(=O)[O-])C2(C)C.[Na+]. The van der Waals surface area contributed by atoms with Gasteiger partial charge in [-0.25, -0.2) is 8.42 Å². The van der Waals surface area contributed by atoms with E-state index in [0.717, 1.165) is 0 Å². The van der Waals surface area contributed by atoms with Crippen molar-refractivity contribution in [2.45, 2.75) is 91.3 Å². The molecule has 0 spiro atoms. The van der Waals surface area contributed by atoms with E-state index in [1.165, 1.54) is 4.90 Å². The molecule has 4 N–H and O–H groups in total. The summed E-state index contributed by atoms with van der Waals surface area (Å²) in [4.78, 5) is 53.8. The fourth-order valence-corrected chi connectivity index (χ4v) is 6.55. The number of amides is 4. The summed E-state index contributed by atoms with van der Waals surface area (Å²) in [6.07, 6.45) is 0.486. The summed E-state index contributed by atoms with van der Waals surface area (Å²) in [7, 11) is -5.21. The third-order valence-electron chi connectivity index (χ3n) is 8.42. The van der Waals surface area contributed by atoms with Gasteiger partial charge in [0.2, 0.25) is 23.6 Å². The molecule has 14 heteroatoms. The number of carbonyl (C=O) groups excluding carboxylic acids is 4. The molecule has 0 aromatic heterocycles. The molecule has 1 saturated carbocycles. The minimum Gasteiger partial charge on any atom is -0.746 e. The maximum Gasteiger partial charge on any atom is 1.00 e. The first-order chi connectivity index (χ1) is 17.8. The third kappa shape index (κ3) is 7.57. The van der Waals surface area contributed by atoms with Crippen LogP contribution in [-0.2, 0) is 29.3 Å². The van der Waals surface area contributed by atoms with Gasteiger partial charge in [-0.2, -0.15) is 0 Å². The van der Waals surface area contributed by atoms with Crippen molar-refractivity contribution in [2.24, 2.45) is 34.5 Å². The summed E-state index contributed by atoms with van der Waals surface area (Å²) >= 11 is 0. The predicted octanol–water partition coefficient (Wildman–Crippen LogP) is -3.07. The van der Waals surface area contributed by atoms with Crippen LogP contribution in [0.25, 0.3) is 0 Å². The maximum atomic E-state index is 13.8. The first kappa shape index (κ1) is 34.9. The third-order valence-corrected chi connectivity index (χ3v) is 9.34. The summed E-state index contributed by atoms with van der Waals surface area (Å²) in [5, 5.41) is 18.3. The van der Waals surface area contributed by atoms with E-state index < -0.39 is 56.8 Å². The van der Waals surface area contributed by atoms with Crippen LogP contribution in [0.3, 0.4) is 0 Å². The molecule has 222 valence electrons. The van der Waals surface area contributed by atoms with Crippen molar-refractivity contribution in [1.82, 2.24) is 20.9 Å². The normalized spacial score (nSPS) is 27.6. The van der Waals surface area contributed by atoms with Crippen LogP contribution in [0.15, 0.2) is 0 Å². The minimum atomic E-state index is -5.21. The van der Waals surface area contributed by atoms with E-state index in [1.807, 2.05) is 27.7 Å². The number of hydrogen-bond donors (Lipinski definition) is 4. The number of piperidine rings is 1. The van der Waals surface area contributed by atoms with Crippen molar-refractivity contribution in [3.05, 3.63) is 0 Å². The summed E-state index contributed by atoms with van der Waals surface area (Å²) in [6, 6.07) is -3.38. The molecule has 4 amide bonds. The van der Waals surface area contributed by atoms with Crippen LogP contribution in [-0.4, -0.2) is 83.3 Å². The number of fused-ring (bicyclic) bond motifs is 1. The molecule has 3 aliphatic rings. The van der Waals surface area contributed by atoms with Crippen molar-refractivity contribution in [1.29, 1.82) is 0 Å². The van der Waals surface area contributed by atoms with Crippen LogP contribution in [0.1, 0.15) is 67.7 Å².